The Hall–Kier alpha value is -3.26. The molecule has 2 atom stereocenters. The number of nitrogen functional groups attached to an aromatic ring is 1. The van der Waals surface area contributed by atoms with Crippen LogP contribution in [0, 0.1) is 5.92 Å². The number of amides is 2. The van der Waals surface area contributed by atoms with Crippen LogP contribution in [0.25, 0.3) is 0 Å². The van der Waals surface area contributed by atoms with Crippen LogP contribution in [0.15, 0.2) is 48.7 Å². The third-order valence-corrected chi connectivity index (χ3v) is 7.62. The van der Waals surface area contributed by atoms with Crippen LogP contribution in [0.5, 0.6) is 0 Å². The van der Waals surface area contributed by atoms with Gasteiger partial charge in [0, 0.05) is 30.2 Å². The van der Waals surface area contributed by atoms with Gasteiger partial charge < -0.3 is 25.7 Å². The summed E-state index contributed by atoms with van der Waals surface area (Å²) in [7, 11) is 1.94. The number of fused-ring (bicyclic) bond motifs is 1. The summed E-state index contributed by atoms with van der Waals surface area (Å²) in [5.74, 6) is 0.343. The van der Waals surface area contributed by atoms with Gasteiger partial charge in [-0.2, -0.15) is 0 Å². The Labute approximate surface area is 204 Å². The van der Waals surface area contributed by atoms with E-state index in [0.29, 0.717) is 25.3 Å². The summed E-state index contributed by atoms with van der Waals surface area (Å²) >= 11 is 1.55. The van der Waals surface area contributed by atoms with E-state index < -0.39 is 6.09 Å². The van der Waals surface area contributed by atoms with Gasteiger partial charge in [-0.1, -0.05) is 37.3 Å². The highest BCUT2D eigenvalue weighted by Crippen LogP contribution is 2.41. The van der Waals surface area contributed by atoms with Crippen molar-refractivity contribution in [2.45, 2.75) is 45.1 Å². The van der Waals surface area contributed by atoms with Crippen LogP contribution in [0.3, 0.4) is 0 Å². The van der Waals surface area contributed by atoms with Gasteiger partial charge in [0.25, 0.3) is 0 Å². The second-order valence-corrected chi connectivity index (χ2v) is 10.1. The molecule has 0 saturated heterocycles. The first-order valence-electron chi connectivity index (χ1n) is 11.7. The Kier molecular flexibility index (Phi) is 7.57. The molecular weight excluding hydrogens is 448 g/mol. The number of ether oxygens (including phenoxy) is 1. The summed E-state index contributed by atoms with van der Waals surface area (Å²) in [6, 6.07) is 13.9. The minimum absolute atomic E-state index is 0.0311. The first-order chi connectivity index (χ1) is 16.4. The molecule has 1 aliphatic rings. The molecule has 3 aromatic rings. The van der Waals surface area contributed by atoms with E-state index in [2.05, 4.69) is 17.6 Å². The van der Waals surface area contributed by atoms with Gasteiger partial charge in [-0.15, -0.1) is 11.3 Å². The fourth-order valence-corrected chi connectivity index (χ4v) is 5.66. The van der Waals surface area contributed by atoms with Gasteiger partial charge in [0.1, 0.15) is 5.00 Å². The molecule has 1 aromatic carbocycles. The Morgan fingerprint density at radius 1 is 1.24 bits per heavy atom. The normalized spacial score (nSPS) is 15.9. The number of thiophene rings is 1. The number of anilines is 2. The Balaban J connectivity index is 1.27. The molecule has 4 rings (SSSR count). The molecule has 0 bridgehead atoms. The largest absolute Gasteiger partial charge is 0.449 e. The molecule has 34 heavy (non-hydrogen) atoms. The maximum Gasteiger partial charge on any atom is 0.407 e. The number of aryl methyl sites for hydroxylation is 1. The molecule has 7 nitrogen and oxygen atoms in total. The van der Waals surface area contributed by atoms with Crippen molar-refractivity contribution in [3.05, 3.63) is 70.4 Å². The molecule has 0 aliphatic heterocycles. The van der Waals surface area contributed by atoms with Gasteiger partial charge in [-0.25, -0.2) is 4.79 Å². The Morgan fingerprint density at radius 3 is 2.76 bits per heavy atom. The van der Waals surface area contributed by atoms with Crippen molar-refractivity contribution in [1.82, 2.24) is 9.88 Å². The Morgan fingerprint density at radius 2 is 2.03 bits per heavy atom. The fraction of sp³-hybridized carbons (Fsp3) is 0.385. The molecule has 4 N–H and O–H groups in total. The summed E-state index contributed by atoms with van der Waals surface area (Å²) < 4.78 is 7.43. The Bertz CT molecular complexity index is 1140. The van der Waals surface area contributed by atoms with Crippen LogP contribution in [0.1, 0.15) is 47.4 Å². The summed E-state index contributed by atoms with van der Waals surface area (Å²) in [6.07, 6.45) is 4.46. The molecule has 180 valence electrons. The van der Waals surface area contributed by atoms with Crippen LogP contribution in [-0.2, 0) is 36.0 Å². The first-order valence-corrected chi connectivity index (χ1v) is 12.5. The molecule has 8 heteroatoms. The molecule has 2 amide bonds. The van der Waals surface area contributed by atoms with E-state index in [9.17, 15) is 9.59 Å². The maximum absolute atomic E-state index is 12.6. The number of benzene rings is 1. The van der Waals surface area contributed by atoms with Crippen LogP contribution in [-0.4, -0.2) is 23.2 Å². The summed E-state index contributed by atoms with van der Waals surface area (Å²) in [4.78, 5) is 25.9. The lowest BCUT2D eigenvalue weighted by atomic mass is 9.89. The van der Waals surface area contributed by atoms with Crippen LogP contribution >= 0.6 is 11.3 Å². The first kappa shape index (κ1) is 23.9. The average molecular weight is 481 g/mol. The quantitative estimate of drug-likeness (QED) is 0.430. The number of hydrogen-bond donors (Lipinski definition) is 3. The highest BCUT2D eigenvalue weighted by Gasteiger charge is 2.26. The number of hydrogen-bond acceptors (Lipinski definition) is 5. The van der Waals surface area contributed by atoms with Crippen molar-refractivity contribution in [2.24, 2.45) is 13.0 Å². The van der Waals surface area contributed by atoms with Crippen molar-refractivity contribution in [2.75, 3.05) is 17.7 Å². The van der Waals surface area contributed by atoms with Crippen LogP contribution in [0.4, 0.5) is 15.5 Å². The lowest BCUT2D eigenvalue weighted by Gasteiger charge is -2.22. The highest BCUT2D eigenvalue weighted by atomic mass is 32.1. The van der Waals surface area contributed by atoms with Gasteiger partial charge in [0.05, 0.1) is 18.8 Å². The molecule has 0 radical (unpaired) electrons. The van der Waals surface area contributed by atoms with E-state index in [1.165, 1.54) is 4.88 Å². The third-order valence-electron chi connectivity index (χ3n) is 6.44. The van der Waals surface area contributed by atoms with E-state index in [4.69, 9.17) is 10.5 Å². The fourth-order valence-electron chi connectivity index (χ4n) is 4.36. The molecular formula is C26H32N4O3S. The zero-order valence-corrected chi connectivity index (χ0v) is 20.5. The molecule has 2 unspecified atom stereocenters. The standard InChI is InChI=1S/C26H32N4O3S/c1-17(19-7-4-3-5-8-19)13-23(31)29-25-24(27)21-11-10-18(14-22(21)34-25)16-33-26(32)28-15-20-9-6-12-30(20)2/h3-9,12,17-18H,10-11,13-16,27H2,1-2H3,(H,28,32)(H,29,31). The number of carbonyl (C=O) groups excluding carboxylic acids is 2. The number of carbonyl (C=O) groups is 2. The molecule has 0 spiro atoms. The second-order valence-electron chi connectivity index (χ2n) is 8.98. The SMILES string of the molecule is CC(CC(=O)Nc1sc2c(c1N)CCC(COC(=O)NCc1cccn1C)C2)c1ccccc1. The number of nitrogens with zero attached hydrogens (tertiary/aromatic N) is 1. The number of aromatic nitrogens is 1. The van der Waals surface area contributed by atoms with E-state index in [-0.39, 0.29) is 17.7 Å². The van der Waals surface area contributed by atoms with Gasteiger partial charge in [0.15, 0.2) is 0 Å². The van der Waals surface area contributed by atoms with Crippen LogP contribution < -0.4 is 16.4 Å². The van der Waals surface area contributed by atoms with E-state index in [1.54, 1.807) is 11.3 Å². The third kappa shape index (κ3) is 5.80. The number of alkyl carbamates (subject to hydrolysis) is 1. The van der Waals surface area contributed by atoms with E-state index in [1.807, 2.05) is 60.3 Å². The van der Waals surface area contributed by atoms with Gasteiger partial charge in [0.2, 0.25) is 5.91 Å². The topological polar surface area (TPSA) is 98.4 Å². The monoisotopic (exact) mass is 480 g/mol. The minimum atomic E-state index is -0.404. The van der Waals surface area contributed by atoms with Crippen molar-refractivity contribution >= 4 is 34.0 Å². The van der Waals surface area contributed by atoms with Crippen molar-refractivity contribution in [3.8, 4) is 0 Å². The second kappa shape index (κ2) is 10.8. The van der Waals surface area contributed by atoms with Crippen molar-refractivity contribution in [3.63, 3.8) is 0 Å². The lowest BCUT2D eigenvalue weighted by molar-refractivity contribution is -0.116. The van der Waals surface area contributed by atoms with Crippen molar-refractivity contribution < 1.29 is 14.3 Å². The number of nitrogens with two attached hydrogens (primary N) is 1. The minimum Gasteiger partial charge on any atom is -0.449 e. The van der Waals surface area contributed by atoms with Gasteiger partial charge >= 0.3 is 6.09 Å². The molecule has 0 saturated carbocycles. The van der Waals surface area contributed by atoms with E-state index >= 15 is 0 Å². The summed E-state index contributed by atoms with van der Waals surface area (Å²) in [5.41, 5.74) is 10.3. The number of rotatable bonds is 8. The molecule has 2 aromatic heterocycles. The smallest absolute Gasteiger partial charge is 0.407 e. The molecule has 2 heterocycles. The van der Waals surface area contributed by atoms with Gasteiger partial charge in [-0.3, -0.25) is 4.79 Å². The maximum atomic E-state index is 12.6. The summed E-state index contributed by atoms with van der Waals surface area (Å²) in [5, 5.41) is 6.56. The lowest BCUT2D eigenvalue weighted by Crippen LogP contribution is -2.28. The summed E-state index contributed by atoms with van der Waals surface area (Å²) in [6.45, 7) is 2.86. The zero-order chi connectivity index (χ0) is 24.1. The number of nitrogens with one attached hydrogen (secondary N) is 2. The van der Waals surface area contributed by atoms with Crippen LogP contribution in [0.2, 0.25) is 0 Å². The van der Waals surface area contributed by atoms with Gasteiger partial charge in [-0.05, 0) is 54.4 Å². The van der Waals surface area contributed by atoms with E-state index in [0.717, 1.165) is 41.1 Å². The van der Waals surface area contributed by atoms with Crippen molar-refractivity contribution in [1.29, 1.82) is 0 Å². The average Bonchev–Trinajstić information content (AvgIpc) is 3.38. The predicted octanol–water partition coefficient (Wildman–Crippen LogP) is 4.83. The highest BCUT2D eigenvalue weighted by molar-refractivity contribution is 7.17. The molecule has 1 aliphatic carbocycles. The zero-order valence-electron chi connectivity index (χ0n) is 19.7. The molecule has 0 fully saturated rings. The predicted molar refractivity (Wildman–Crippen MR) is 136 cm³/mol.